The van der Waals surface area contributed by atoms with Crippen molar-refractivity contribution < 1.29 is 9.18 Å². The molecule has 0 saturated carbocycles. The van der Waals surface area contributed by atoms with Crippen LogP contribution in [0.15, 0.2) is 30.5 Å². The minimum absolute atomic E-state index is 0.0628. The Kier molecular flexibility index (Phi) is 4.07. The van der Waals surface area contributed by atoms with Gasteiger partial charge in [0.05, 0.1) is 6.20 Å². The Bertz CT molecular complexity index is 569. The molecule has 0 saturated heterocycles. The second kappa shape index (κ2) is 5.94. The van der Waals surface area contributed by atoms with Gasteiger partial charge in [-0.3, -0.25) is 4.79 Å². The molecule has 1 heterocycles. The molecule has 0 unspecified atom stereocenters. The van der Waals surface area contributed by atoms with E-state index in [4.69, 9.17) is 5.73 Å². The van der Waals surface area contributed by atoms with Gasteiger partial charge in [-0.05, 0) is 24.1 Å². The van der Waals surface area contributed by atoms with E-state index in [2.05, 4.69) is 15.6 Å². The second-order valence-corrected chi connectivity index (χ2v) is 4.07. The minimum atomic E-state index is -0.276. The number of benzene rings is 1. The zero-order chi connectivity index (χ0) is 13.7. The lowest BCUT2D eigenvalue weighted by Crippen LogP contribution is -2.29. The molecule has 1 aromatic carbocycles. The van der Waals surface area contributed by atoms with E-state index in [1.165, 1.54) is 23.0 Å². The number of carbonyl (C=O) groups is 1. The first kappa shape index (κ1) is 13.0. The molecule has 0 aliphatic rings. The average Bonchev–Trinajstić information content (AvgIpc) is 2.75. The molecule has 2 rings (SSSR count). The molecule has 1 aromatic heterocycles. The first-order valence-electron chi connectivity index (χ1n) is 5.80. The normalized spacial score (nSPS) is 10.4. The largest absolute Gasteiger partial charge is 0.381 e. The van der Waals surface area contributed by atoms with E-state index in [1.54, 1.807) is 6.07 Å². The number of carbonyl (C=O) groups excluding carboxylic acids is 1. The maximum absolute atomic E-state index is 12.9. The topological polar surface area (TPSA) is 85.8 Å². The highest BCUT2D eigenvalue weighted by Crippen LogP contribution is 2.03. The minimum Gasteiger partial charge on any atom is -0.381 e. The average molecular weight is 263 g/mol. The van der Waals surface area contributed by atoms with E-state index in [0.717, 1.165) is 5.56 Å². The van der Waals surface area contributed by atoms with Crippen molar-refractivity contribution in [1.82, 2.24) is 20.3 Å². The van der Waals surface area contributed by atoms with Gasteiger partial charge >= 0.3 is 0 Å². The highest BCUT2D eigenvalue weighted by atomic mass is 19.1. The number of nitrogens with zero attached hydrogens (tertiary/aromatic N) is 3. The Morgan fingerprint density at radius 1 is 1.47 bits per heavy atom. The molecular weight excluding hydrogens is 249 g/mol. The summed E-state index contributed by atoms with van der Waals surface area (Å²) in [5.41, 5.74) is 6.22. The third-order valence-corrected chi connectivity index (χ3v) is 2.49. The van der Waals surface area contributed by atoms with Crippen LogP contribution >= 0.6 is 0 Å². The smallest absolute Gasteiger partial charge is 0.241 e. The Balaban J connectivity index is 1.75. The molecule has 19 heavy (non-hydrogen) atoms. The van der Waals surface area contributed by atoms with Crippen LogP contribution in [0.3, 0.4) is 0 Å². The first-order valence-corrected chi connectivity index (χ1v) is 5.80. The standard InChI is InChI=1S/C12H14FN5O/c13-10-3-1-2-9(6-10)4-5-15-12(19)8-18-7-11(14)16-17-18/h1-3,6-7H,4-5,8,14H2,(H,15,19). The van der Waals surface area contributed by atoms with Gasteiger partial charge in [0.1, 0.15) is 12.4 Å². The summed E-state index contributed by atoms with van der Waals surface area (Å²) >= 11 is 0. The zero-order valence-corrected chi connectivity index (χ0v) is 10.2. The number of anilines is 1. The maximum atomic E-state index is 12.9. The van der Waals surface area contributed by atoms with Crippen LogP contribution in [0.5, 0.6) is 0 Å². The van der Waals surface area contributed by atoms with Crippen molar-refractivity contribution in [3.05, 3.63) is 41.8 Å². The molecule has 0 bridgehead atoms. The molecule has 6 nitrogen and oxygen atoms in total. The molecule has 7 heteroatoms. The van der Waals surface area contributed by atoms with Crippen molar-refractivity contribution in [1.29, 1.82) is 0 Å². The van der Waals surface area contributed by atoms with Gasteiger partial charge in [-0.25, -0.2) is 9.07 Å². The summed E-state index contributed by atoms with van der Waals surface area (Å²) in [7, 11) is 0. The van der Waals surface area contributed by atoms with Crippen LogP contribution in [0.1, 0.15) is 5.56 Å². The van der Waals surface area contributed by atoms with Crippen LogP contribution < -0.4 is 11.1 Å². The SMILES string of the molecule is Nc1cn(CC(=O)NCCc2cccc(F)c2)nn1. The molecule has 0 atom stereocenters. The van der Waals surface area contributed by atoms with E-state index in [-0.39, 0.29) is 24.1 Å². The third-order valence-electron chi connectivity index (χ3n) is 2.49. The van der Waals surface area contributed by atoms with Gasteiger partial charge in [0.2, 0.25) is 5.91 Å². The van der Waals surface area contributed by atoms with Crippen molar-refractivity contribution in [2.45, 2.75) is 13.0 Å². The van der Waals surface area contributed by atoms with Gasteiger partial charge in [0.15, 0.2) is 5.82 Å². The van der Waals surface area contributed by atoms with Gasteiger partial charge in [-0.2, -0.15) is 0 Å². The number of nitrogen functional groups attached to an aromatic ring is 1. The predicted octanol–water partition coefficient (Wildman–Crippen LogP) is 0.358. The van der Waals surface area contributed by atoms with E-state index in [1.807, 2.05) is 6.07 Å². The number of nitrogens with two attached hydrogens (primary N) is 1. The Morgan fingerprint density at radius 2 is 2.32 bits per heavy atom. The molecular formula is C12H14FN5O. The van der Waals surface area contributed by atoms with Crippen molar-refractivity contribution >= 4 is 11.7 Å². The van der Waals surface area contributed by atoms with E-state index < -0.39 is 0 Å². The van der Waals surface area contributed by atoms with Crippen LogP contribution in [0.25, 0.3) is 0 Å². The molecule has 2 aromatic rings. The summed E-state index contributed by atoms with van der Waals surface area (Å²) < 4.78 is 14.3. The lowest BCUT2D eigenvalue weighted by Gasteiger charge is -2.05. The molecule has 0 aliphatic heterocycles. The van der Waals surface area contributed by atoms with Crippen molar-refractivity contribution in [3.63, 3.8) is 0 Å². The van der Waals surface area contributed by atoms with Crippen LogP contribution in [-0.4, -0.2) is 27.4 Å². The molecule has 0 fully saturated rings. The lowest BCUT2D eigenvalue weighted by atomic mass is 10.1. The highest BCUT2D eigenvalue weighted by Gasteiger charge is 2.04. The van der Waals surface area contributed by atoms with Gasteiger partial charge in [-0.1, -0.05) is 17.3 Å². The Hall–Kier alpha value is -2.44. The fourth-order valence-electron chi connectivity index (χ4n) is 1.63. The van der Waals surface area contributed by atoms with Crippen LogP contribution in [0.4, 0.5) is 10.2 Å². The molecule has 100 valence electrons. The predicted molar refractivity (Wildman–Crippen MR) is 67.5 cm³/mol. The molecule has 3 N–H and O–H groups in total. The maximum Gasteiger partial charge on any atom is 0.241 e. The summed E-state index contributed by atoms with van der Waals surface area (Å²) in [6, 6.07) is 6.29. The zero-order valence-electron chi connectivity index (χ0n) is 10.2. The molecule has 0 radical (unpaired) electrons. The number of amides is 1. The second-order valence-electron chi connectivity index (χ2n) is 4.07. The highest BCUT2D eigenvalue weighted by molar-refractivity contribution is 5.75. The summed E-state index contributed by atoms with van der Waals surface area (Å²) in [6.07, 6.45) is 2.05. The molecule has 0 aliphatic carbocycles. The van der Waals surface area contributed by atoms with Gasteiger partial charge in [0, 0.05) is 6.54 Å². The summed E-state index contributed by atoms with van der Waals surface area (Å²) in [4.78, 5) is 11.6. The van der Waals surface area contributed by atoms with Crippen LogP contribution in [0.2, 0.25) is 0 Å². The number of hydrogen-bond acceptors (Lipinski definition) is 4. The number of hydrogen-bond donors (Lipinski definition) is 2. The Morgan fingerprint density at radius 3 is 3.00 bits per heavy atom. The van der Waals surface area contributed by atoms with Gasteiger partial charge in [0.25, 0.3) is 0 Å². The summed E-state index contributed by atoms with van der Waals surface area (Å²) in [6.45, 7) is 0.500. The lowest BCUT2D eigenvalue weighted by molar-refractivity contribution is -0.121. The van der Waals surface area contributed by atoms with E-state index in [0.29, 0.717) is 13.0 Å². The van der Waals surface area contributed by atoms with Gasteiger partial charge in [-0.15, -0.1) is 5.10 Å². The monoisotopic (exact) mass is 263 g/mol. The fraction of sp³-hybridized carbons (Fsp3) is 0.250. The number of aromatic nitrogens is 3. The molecule has 1 amide bonds. The molecule has 0 spiro atoms. The van der Waals surface area contributed by atoms with Gasteiger partial charge < -0.3 is 11.1 Å². The van der Waals surface area contributed by atoms with Crippen molar-refractivity contribution in [3.8, 4) is 0 Å². The number of rotatable bonds is 5. The summed E-state index contributed by atoms with van der Waals surface area (Å²) in [5, 5.41) is 9.96. The van der Waals surface area contributed by atoms with Crippen LogP contribution in [0, 0.1) is 5.82 Å². The third kappa shape index (κ3) is 4.06. The first-order chi connectivity index (χ1) is 9.13. The van der Waals surface area contributed by atoms with E-state index in [9.17, 15) is 9.18 Å². The van der Waals surface area contributed by atoms with E-state index >= 15 is 0 Å². The summed E-state index contributed by atoms with van der Waals surface area (Å²) in [5.74, 6) is -0.198. The Labute approximate surface area is 109 Å². The fourth-order valence-corrected chi connectivity index (χ4v) is 1.63. The quantitative estimate of drug-likeness (QED) is 0.815. The van der Waals surface area contributed by atoms with Crippen LogP contribution in [-0.2, 0) is 17.8 Å². The van der Waals surface area contributed by atoms with Crippen molar-refractivity contribution in [2.24, 2.45) is 0 Å². The van der Waals surface area contributed by atoms with Crippen molar-refractivity contribution in [2.75, 3.05) is 12.3 Å². The number of halogens is 1. The number of nitrogens with one attached hydrogen (secondary N) is 1.